The summed E-state index contributed by atoms with van der Waals surface area (Å²) in [6.45, 7) is 4.07. The molecule has 6 heteroatoms. The molecule has 0 rings (SSSR count). The molecule has 1 amide bonds. The van der Waals surface area contributed by atoms with Crippen molar-refractivity contribution in [1.82, 2.24) is 5.32 Å². The first kappa shape index (κ1) is 57.1. The van der Waals surface area contributed by atoms with Crippen molar-refractivity contribution in [2.75, 3.05) is 6.61 Å². The van der Waals surface area contributed by atoms with Crippen LogP contribution in [-0.2, 0) is 4.79 Å². The van der Waals surface area contributed by atoms with Crippen LogP contribution in [0.4, 0.5) is 0 Å². The van der Waals surface area contributed by atoms with Gasteiger partial charge in [0.25, 0.3) is 0 Å². The smallest absolute Gasteiger partial charge is 0.249 e. The number of allylic oxidation sites excluding steroid dienone is 2. The molecule has 0 fully saturated rings. The van der Waals surface area contributed by atoms with Crippen molar-refractivity contribution < 1.29 is 25.2 Å². The van der Waals surface area contributed by atoms with Gasteiger partial charge in [-0.2, -0.15) is 0 Å². The lowest BCUT2D eigenvalue weighted by Crippen LogP contribution is -2.53. The Morgan fingerprint density at radius 3 is 1.00 bits per heavy atom. The van der Waals surface area contributed by atoms with Crippen molar-refractivity contribution in [2.24, 2.45) is 0 Å². The largest absolute Gasteiger partial charge is 0.394 e. The van der Waals surface area contributed by atoms with E-state index in [1.807, 2.05) is 0 Å². The van der Waals surface area contributed by atoms with Crippen molar-refractivity contribution >= 4 is 5.91 Å². The number of unbranched alkanes of at least 4 members (excludes halogenated alkanes) is 37. The van der Waals surface area contributed by atoms with Crippen LogP contribution >= 0.6 is 0 Å². The van der Waals surface area contributed by atoms with E-state index in [1.54, 1.807) is 0 Å². The van der Waals surface area contributed by atoms with E-state index >= 15 is 0 Å². The Balaban J connectivity index is 3.61. The second-order valence-corrected chi connectivity index (χ2v) is 18.2. The zero-order valence-electron chi connectivity index (χ0n) is 39.1. The molecule has 0 saturated carbocycles. The zero-order chi connectivity index (χ0) is 42.4. The number of carbonyl (C=O) groups is 1. The van der Waals surface area contributed by atoms with Gasteiger partial charge in [-0.1, -0.05) is 257 Å². The van der Waals surface area contributed by atoms with Crippen LogP contribution < -0.4 is 5.32 Å². The maximum Gasteiger partial charge on any atom is 0.249 e. The summed E-state index contributed by atoms with van der Waals surface area (Å²) in [7, 11) is 0. The van der Waals surface area contributed by atoms with Crippen molar-refractivity contribution in [3.63, 3.8) is 0 Å². The van der Waals surface area contributed by atoms with Crippen molar-refractivity contribution in [3.8, 4) is 0 Å². The zero-order valence-corrected chi connectivity index (χ0v) is 39.1. The number of amides is 1. The molecule has 58 heavy (non-hydrogen) atoms. The minimum atomic E-state index is -1.26. The summed E-state index contributed by atoms with van der Waals surface area (Å²) in [5.41, 5.74) is 0. The number of carbonyl (C=O) groups excluding carboxylic acids is 1. The molecule has 0 aromatic carbocycles. The second-order valence-electron chi connectivity index (χ2n) is 18.2. The predicted molar refractivity (Wildman–Crippen MR) is 251 cm³/mol. The molecule has 346 valence electrons. The van der Waals surface area contributed by atoms with E-state index in [-0.39, 0.29) is 0 Å². The Morgan fingerprint density at radius 2 is 0.690 bits per heavy atom. The SMILES string of the molecule is CCCCCCCCC/C=C\CCCCCCC(O)C(=O)NC(CO)C(O)C(O)CCCCCCCCCCCCCCCCCCCCCCCCCCCCC. The first-order valence-electron chi connectivity index (χ1n) is 26.1. The molecule has 0 spiro atoms. The van der Waals surface area contributed by atoms with Crippen LogP contribution in [0.1, 0.15) is 284 Å². The van der Waals surface area contributed by atoms with E-state index in [1.165, 1.54) is 205 Å². The molecule has 0 aromatic heterocycles. The van der Waals surface area contributed by atoms with Crippen LogP contribution in [0.15, 0.2) is 12.2 Å². The Labute approximate surface area is 362 Å². The van der Waals surface area contributed by atoms with Crippen molar-refractivity contribution in [1.29, 1.82) is 0 Å². The van der Waals surface area contributed by atoms with E-state index in [4.69, 9.17) is 0 Å². The van der Waals surface area contributed by atoms with Gasteiger partial charge < -0.3 is 25.7 Å². The van der Waals surface area contributed by atoms with Crippen LogP contribution in [0.2, 0.25) is 0 Å². The van der Waals surface area contributed by atoms with Gasteiger partial charge in [-0.25, -0.2) is 0 Å². The summed E-state index contributed by atoms with van der Waals surface area (Å²) in [5.74, 6) is -0.589. The molecule has 0 aliphatic carbocycles. The van der Waals surface area contributed by atoms with Crippen molar-refractivity contribution in [2.45, 2.75) is 308 Å². The number of aliphatic hydroxyl groups excluding tert-OH is 4. The third-order valence-corrected chi connectivity index (χ3v) is 12.5. The summed E-state index contributed by atoms with van der Waals surface area (Å²) in [4.78, 5) is 12.5. The lowest BCUT2D eigenvalue weighted by atomic mass is 9.99. The van der Waals surface area contributed by atoms with E-state index in [2.05, 4.69) is 31.3 Å². The molecule has 0 bridgehead atoms. The van der Waals surface area contributed by atoms with Crippen LogP contribution in [-0.4, -0.2) is 57.3 Å². The molecule has 4 unspecified atom stereocenters. The lowest BCUT2D eigenvalue weighted by Gasteiger charge is -2.27. The highest BCUT2D eigenvalue weighted by molar-refractivity contribution is 5.80. The van der Waals surface area contributed by atoms with Gasteiger partial charge in [-0.15, -0.1) is 0 Å². The highest BCUT2D eigenvalue weighted by Crippen LogP contribution is 2.18. The highest BCUT2D eigenvalue weighted by atomic mass is 16.3. The molecule has 0 aromatic rings. The summed E-state index contributed by atoms with van der Waals surface area (Å²) >= 11 is 0. The average Bonchev–Trinajstić information content (AvgIpc) is 3.23. The molecule has 0 heterocycles. The Morgan fingerprint density at radius 1 is 0.414 bits per heavy atom. The monoisotopic (exact) mass is 822 g/mol. The van der Waals surface area contributed by atoms with E-state index < -0.39 is 36.9 Å². The first-order chi connectivity index (χ1) is 28.5. The van der Waals surface area contributed by atoms with Crippen LogP contribution in [0, 0.1) is 0 Å². The molecule has 5 N–H and O–H groups in total. The topological polar surface area (TPSA) is 110 Å². The van der Waals surface area contributed by atoms with Gasteiger partial charge in [0.15, 0.2) is 0 Å². The fourth-order valence-corrected chi connectivity index (χ4v) is 8.34. The van der Waals surface area contributed by atoms with Crippen molar-refractivity contribution in [3.05, 3.63) is 12.2 Å². The fraction of sp³-hybridized carbons (Fsp3) is 0.942. The van der Waals surface area contributed by atoms with Gasteiger partial charge in [0.1, 0.15) is 12.2 Å². The van der Waals surface area contributed by atoms with Gasteiger partial charge in [0.2, 0.25) is 5.91 Å². The molecule has 0 saturated heterocycles. The summed E-state index contributed by atoms with van der Waals surface area (Å²) in [5, 5.41) is 43.9. The number of hydrogen-bond donors (Lipinski definition) is 5. The molecule has 0 radical (unpaired) electrons. The van der Waals surface area contributed by atoms with Gasteiger partial charge in [0.05, 0.1) is 18.8 Å². The van der Waals surface area contributed by atoms with Crippen LogP contribution in [0.25, 0.3) is 0 Å². The maximum absolute atomic E-state index is 12.5. The minimum absolute atomic E-state index is 0.357. The fourth-order valence-electron chi connectivity index (χ4n) is 8.34. The standard InChI is InChI=1S/C52H103NO5/c1-3-5-7-9-11-13-15-17-19-20-21-22-23-24-25-26-27-28-29-30-32-33-35-37-39-41-43-45-49(55)51(57)48(47-54)53-52(58)50(56)46-44-42-40-38-36-34-31-18-16-14-12-10-8-6-4-2/h31,34,48-51,54-57H,3-30,32-33,35-47H2,1-2H3,(H,53,58)/b34-31-. The van der Waals surface area contributed by atoms with Gasteiger partial charge in [-0.3, -0.25) is 4.79 Å². The third kappa shape index (κ3) is 40.5. The molecule has 0 aliphatic rings. The van der Waals surface area contributed by atoms with Gasteiger partial charge in [0, 0.05) is 0 Å². The first-order valence-corrected chi connectivity index (χ1v) is 26.1. The van der Waals surface area contributed by atoms with E-state index in [9.17, 15) is 25.2 Å². The normalized spacial score (nSPS) is 14.0. The van der Waals surface area contributed by atoms with E-state index in [0.717, 1.165) is 51.4 Å². The number of aliphatic hydroxyl groups is 4. The summed E-state index contributed by atoms with van der Waals surface area (Å²) < 4.78 is 0. The van der Waals surface area contributed by atoms with Gasteiger partial charge in [-0.05, 0) is 38.5 Å². The van der Waals surface area contributed by atoms with E-state index in [0.29, 0.717) is 12.8 Å². The van der Waals surface area contributed by atoms with Gasteiger partial charge >= 0.3 is 0 Å². The second kappa shape index (κ2) is 47.1. The Bertz CT molecular complexity index is 837. The number of hydrogen-bond acceptors (Lipinski definition) is 5. The molecular formula is C52H103NO5. The molecule has 4 atom stereocenters. The average molecular weight is 822 g/mol. The number of nitrogens with one attached hydrogen (secondary N) is 1. The lowest BCUT2D eigenvalue weighted by molar-refractivity contribution is -0.132. The molecule has 0 aliphatic heterocycles. The molecule has 6 nitrogen and oxygen atoms in total. The third-order valence-electron chi connectivity index (χ3n) is 12.5. The summed E-state index contributed by atoms with van der Waals surface area (Å²) in [6.07, 6.45) is 54.1. The number of rotatable bonds is 48. The predicted octanol–water partition coefficient (Wildman–Crippen LogP) is 14.5. The Kier molecular flexibility index (Phi) is 46.3. The van der Waals surface area contributed by atoms with Crippen LogP contribution in [0.3, 0.4) is 0 Å². The molecular weight excluding hydrogens is 719 g/mol. The highest BCUT2D eigenvalue weighted by Gasteiger charge is 2.28. The summed E-state index contributed by atoms with van der Waals surface area (Å²) in [6, 6.07) is -0.987. The minimum Gasteiger partial charge on any atom is -0.394 e. The van der Waals surface area contributed by atoms with Crippen LogP contribution in [0.5, 0.6) is 0 Å². The quantitative estimate of drug-likeness (QED) is 0.0310. The Hall–Kier alpha value is -0.950. The maximum atomic E-state index is 12.5.